The summed E-state index contributed by atoms with van der Waals surface area (Å²) in [7, 11) is 0. The summed E-state index contributed by atoms with van der Waals surface area (Å²) in [6.07, 6.45) is 0. The number of nitrogens with two attached hydrogens (primary N) is 1. The molecule has 0 aliphatic rings. The first-order valence-electron chi connectivity index (χ1n) is 5.88. The van der Waals surface area contributed by atoms with Crippen LogP contribution >= 0.6 is 0 Å². The summed E-state index contributed by atoms with van der Waals surface area (Å²) >= 11 is 0. The van der Waals surface area contributed by atoms with Crippen molar-refractivity contribution in [3.8, 4) is 0 Å². The van der Waals surface area contributed by atoms with Crippen molar-refractivity contribution in [1.82, 2.24) is 0 Å². The zero-order valence-corrected chi connectivity index (χ0v) is 11.2. The Balaban J connectivity index is 2.93. The van der Waals surface area contributed by atoms with Crippen LogP contribution in [0.15, 0.2) is 48.6 Å². The van der Waals surface area contributed by atoms with Crippen LogP contribution in [0.5, 0.6) is 0 Å². The van der Waals surface area contributed by atoms with E-state index >= 15 is 0 Å². The van der Waals surface area contributed by atoms with Gasteiger partial charge in [0.1, 0.15) is 5.84 Å². The number of nitrogens with one attached hydrogen (secondary N) is 1. The highest BCUT2D eigenvalue weighted by Crippen LogP contribution is 2.17. The smallest absolute Gasteiger partial charge is 0.122 e. The zero-order chi connectivity index (χ0) is 13.7. The molecule has 3 heteroatoms. The van der Waals surface area contributed by atoms with Crippen molar-refractivity contribution in [2.75, 3.05) is 18.0 Å². The van der Waals surface area contributed by atoms with Crippen molar-refractivity contribution in [1.29, 1.82) is 5.41 Å². The Morgan fingerprint density at radius 3 is 1.89 bits per heavy atom. The van der Waals surface area contributed by atoms with E-state index in [2.05, 4.69) is 18.1 Å². The molecule has 0 aromatic heterocycles. The van der Waals surface area contributed by atoms with Crippen molar-refractivity contribution in [3.63, 3.8) is 0 Å². The van der Waals surface area contributed by atoms with Gasteiger partial charge in [-0.15, -0.1) is 0 Å². The third-order valence-corrected chi connectivity index (χ3v) is 2.47. The molecule has 1 rings (SSSR count). The van der Waals surface area contributed by atoms with Crippen LogP contribution in [-0.4, -0.2) is 18.9 Å². The minimum Gasteiger partial charge on any atom is -0.384 e. The second-order valence-corrected chi connectivity index (χ2v) is 4.73. The van der Waals surface area contributed by atoms with Gasteiger partial charge in [-0.2, -0.15) is 0 Å². The lowest BCUT2D eigenvalue weighted by Gasteiger charge is -2.25. The molecule has 0 aliphatic heterocycles. The molecule has 3 nitrogen and oxygen atoms in total. The van der Waals surface area contributed by atoms with E-state index < -0.39 is 0 Å². The quantitative estimate of drug-likeness (QED) is 0.458. The number of hydrogen-bond donors (Lipinski definition) is 2. The van der Waals surface area contributed by atoms with Crippen molar-refractivity contribution < 1.29 is 0 Å². The van der Waals surface area contributed by atoms with E-state index in [1.807, 2.05) is 38.1 Å². The average molecular weight is 243 g/mol. The van der Waals surface area contributed by atoms with Crippen LogP contribution in [0.2, 0.25) is 0 Å². The summed E-state index contributed by atoms with van der Waals surface area (Å²) < 4.78 is 0. The van der Waals surface area contributed by atoms with Crippen LogP contribution in [-0.2, 0) is 0 Å². The minimum absolute atomic E-state index is 0.0907. The van der Waals surface area contributed by atoms with Gasteiger partial charge in [0.25, 0.3) is 0 Å². The molecule has 96 valence electrons. The summed E-state index contributed by atoms with van der Waals surface area (Å²) in [5.74, 6) is 0.0907. The fourth-order valence-corrected chi connectivity index (χ4v) is 1.74. The number of anilines is 1. The Bertz CT molecular complexity index is 441. The third-order valence-electron chi connectivity index (χ3n) is 2.47. The number of benzene rings is 1. The van der Waals surface area contributed by atoms with Crippen molar-refractivity contribution in [2.45, 2.75) is 13.8 Å². The SMILES string of the molecule is C=C(C)CN(CC(=C)C)c1ccc(C(=N)N)cc1. The van der Waals surface area contributed by atoms with Gasteiger partial charge >= 0.3 is 0 Å². The maximum absolute atomic E-state index is 7.38. The summed E-state index contributed by atoms with van der Waals surface area (Å²) in [6.45, 7) is 13.5. The van der Waals surface area contributed by atoms with Crippen LogP contribution in [0, 0.1) is 5.41 Å². The topological polar surface area (TPSA) is 53.1 Å². The van der Waals surface area contributed by atoms with E-state index in [1.54, 1.807) is 0 Å². The molecule has 0 saturated heterocycles. The molecule has 0 spiro atoms. The summed E-state index contributed by atoms with van der Waals surface area (Å²) in [5, 5.41) is 7.38. The van der Waals surface area contributed by atoms with Crippen LogP contribution in [0.4, 0.5) is 5.69 Å². The molecule has 0 atom stereocenters. The lowest BCUT2D eigenvalue weighted by molar-refractivity contribution is 0.895. The Morgan fingerprint density at radius 1 is 1.11 bits per heavy atom. The number of nitrogen functional groups attached to an aromatic ring is 1. The summed E-state index contributed by atoms with van der Waals surface area (Å²) in [4.78, 5) is 2.20. The maximum atomic E-state index is 7.38. The average Bonchev–Trinajstić information content (AvgIpc) is 2.27. The lowest BCUT2D eigenvalue weighted by atomic mass is 10.1. The second-order valence-electron chi connectivity index (χ2n) is 4.73. The van der Waals surface area contributed by atoms with E-state index in [9.17, 15) is 0 Å². The highest BCUT2D eigenvalue weighted by atomic mass is 15.1. The molecular formula is C15H21N3. The maximum Gasteiger partial charge on any atom is 0.122 e. The predicted octanol–water partition coefficient (Wildman–Crippen LogP) is 2.93. The molecule has 1 aromatic carbocycles. The van der Waals surface area contributed by atoms with Gasteiger partial charge in [0.2, 0.25) is 0 Å². The monoisotopic (exact) mass is 243 g/mol. The van der Waals surface area contributed by atoms with Crippen LogP contribution in [0.25, 0.3) is 0 Å². The Morgan fingerprint density at radius 2 is 1.56 bits per heavy atom. The Hall–Kier alpha value is -2.03. The van der Waals surface area contributed by atoms with E-state index in [0.717, 1.165) is 35.5 Å². The van der Waals surface area contributed by atoms with Crippen molar-refractivity contribution in [2.24, 2.45) is 5.73 Å². The zero-order valence-electron chi connectivity index (χ0n) is 11.2. The Kier molecular flexibility index (Phi) is 4.72. The van der Waals surface area contributed by atoms with E-state index in [1.165, 1.54) is 0 Å². The first-order chi connectivity index (χ1) is 8.40. The van der Waals surface area contributed by atoms with Crippen molar-refractivity contribution in [3.05, 3.63) is 54.1 Å². The number of hydrogen-bond acceptors (Lipinski definition) is 2. The molecule has 0 unspecified atom stereocenters. The molecule has 0 radical (unpaired) electrons. The fraction of sp³-hybridized carbons (Fsp3) is 0.267. The second kappa shape index (κ2) is 6.05. The highest BCUT2D eigenvalue weighted by molar-refractivity contribution is 5.95. The summed E-state index contributed by atoms with van der Waals surface area (Å²) in [6, 6.07) is 7.67. The summed E-state index contributed by atoms with van der Waals surface area (Å²) in [5.41, 5.74) is 9.48. The van der Waals surface area contributed by atoms with Crippen LogP contribution in [0.3, 0.4) is 0 Å². The first kappa shape index (κ1) is 14.0. The van der Waals surface area contributed by atoms with Gasteiger partial charge < -0.3 is 10.6 Å². The largest absolute Gasteiger partial charge is 0.384 e. The van der Waals surface area contributed by atoms with E-state index in [-0.39, 0.29) is 5.84 Å². The lowest BCUT2D eigenvalue weighted by Crippen LogP contribution is -2.26. The van der Waals surface area contributed by atoms with Crippen LogP contribution < -0.4 is 10.6 Å². The molecule has 0 heterocycles. The highest BCUT2D eigenvalue weighted by Gasteiger charge is 2.07. The van der Waals surface area contributed by atoms with Crippen LogP contribution in [0.1, 0.15) is 19.4 Å². The minimum atomic E-state index is 0.0907. The van der Waals surface area contributed by atoms with Gasteiger partial charge in [-0.25, -0.2) is 0 Å². The molecule has 3 N–H and O–H groups in total. The molecule has 0 saturated carbocycles. The van der Waals surface area contributed by atoms with Gasteiger partial charge in [-0.05, 0) is 38.1 Å². The molecule has 0 bridgehead atoms. The molecule has 0 aliphatic carbocycles. The molecule has 1 aromatic rings. The van der Waals surface area contributed by atoms with Gasteiger partial charge in [-0.3, -0.25) is 5.41 Å². The van der Waals surface area contributed by atoms with Gasteiger partial charge in [-0.1, -0.05) is 24.3 Å². The molecule has 0 amide bonds. The number of amidine groups is 1. The molecule has 18 heavy (non-hydrogen) atoms. The molecule has 0 fully saturated rings. The fourth-order valence-electron chi connectivity index (χ4n) is 1.74. The first-order valence-corrected chi connectivity index (χ1v) is 5.88. The number of rotatable bonds is 6. The van der Waals surface area contributed by atoms with Gasteiger partial charge in [0, 0.05) is 24.3 Å². The van der Waals surface area contributed by atoms with Gasteiger partial charge in [0.05, 0.1) is 0 Å². The van der Waals surface area contributed by atoms with Crippen molar-refractivity contribution >= 4 is 11.5 Å². The molecular weight excluding hydrogens is 222 g/mol. The van der Waals surface area contributed by atoms with E-state index in [0.29, 0.717) is 0 Å². The van der Waals surface area contributed by atoms with E-state index in [4.69, 9.17) is 11.1 Å². The predicted molar refractivity (Wildman–Crippen MR) is 79.3 cm³/mol. The standard InChI is InChI=1S/C15H21N3/c1-11(2)9-18(10-12(3)4)14-7-5-13(6-8-14)15(16)17/h5-8H,1,3,9-10H2,2,4H3,(H3,16,17). The van der Waals surface area contributed by atoms with Gasteiger partial charge in [0.15, 0.2) is 0 Å². The Labute approximate surface area is 109 Å². The number of nitrogens with zero attached hydrogens (tertiary/aromatic N) is 1. The normalized spacial score (nSPS) is 9.89. The third kappa shape index (κ3) is 4.09.